The van der Waals surface area contributed by atoms with Gasteiger partial charge in [-0.15, -0.1) is 0 Å². The minimum atomic E-state index is 1.08. The predicted octanol–water partition coefficient (Wildman–Crippen LogP) is 19.5. The number of hydrogen-bond donors (Lipinski definition) is 0. The lowest BCUT2D eigenvalue weighted by Gasteiger charge is -2.29. The van der Waals surface area contributed by atoms with Crippen LogP contribution in [0.25, 0.3) is 115 Å². The molecule has 2 nitrogen and oxygen atoms in total. The number of benzene rings is 13. The Kier molecular flexibility index (Phi) is 9.89. The van der Waals surface area contributed by atoms with Gasteiger partial charge in [0.15, 0.2) is 0 Å². The molecule has 0 radical (unpaired) electrons. The molecule has 14 rings (SSSR count). The van der Waals surface area contributed by atoms with Crippen LogP contribution in [-0.2, 0) is 0 Å². The lowest BCUT2D eigenvalue weighted by Crippen LogP contribution is -2.11. The molecule has 0 N–H and O–H groups in total. The number of para-hydroxylation sites is 3. The van der Waals surface area contributed by atoms with Crippen molar-refractivity contribution in [3.05, 3.63) is 279 Å². The summed E-state index contributed by atoms with van der Waals surface area (Å²) in [4.78, 5) is 2.47. The smallest absolute Gasteiger partial charge is 0.0541 e. The zero-order valence-corrected chi connectivity index (χ0v) is 39.5. The highest BCUT2D eigenvalue weighted by atomic mass is 15.1. The average Bonchev–Trinajstić information content (AvgIpc) is 3.79. The molecule has 0 saturated heterocycles. The SMILES string of the molecule is c1ccc(-c2c(-c3ccccc3)c3cc(-c4ccc(N(c5ccccc5-c5ccc6c(c5)c5ccccc5n6-c5ccccc5)c5cccc6c5ccc5ccccc56)cc4)ccc3c3ccccc23)cc1. The molecular weight excluding hydrogens is 869 g/mol. The van der Waals surface area contributed by atoms with E-state index in [0.717, 1.165) is 39.4 Å². The van der Waals surface area contributed by atoms with Crippen LogP contribution in [0.15, 0.2) is 279 Å². The maximum atomic E-state index is 2.47. The number of fused-ring (bicyclic) bond motifs is 9. The third-order valence-corrected chi connectivity index (χ3v) is 14.8. The van der Waals surface area contributed by atoms with Gasteiger partial charge in [0.05, 0.1) is 22.4 Å². The molecule has 336 valence electrons. The van der Waals surface area contributed by atoms with Crippen molar-refractivity contribution in [3.63, 3.8) is 0 Å². The van der Waals surface area contributed by atoms with Crippen molar-refractivity contribution >= 4 is 82.0 Å². The van der Waals surface area contributed by atoms with E-state index in [1.165, 1.54) is 92.7 Å². The van der Waals surface area contributed by atoms with Gasteiger partial charge in [0, 0.05) is 33.1 Å². The molecule has 1 heterocycles. The molecule has 0 aliphatic rings. The first kappa shape index (κ1) is 41.5. The monoisotopic (exact) mass is 914 g/mol. The lowest BCUT2D eigenvalue weighted by molar-refractivity contribution is 1.18. The Morgan fingerprint density at radius 1 is 0.250 bits per heavy atom. The van der Waals surface area contributed by atoms with Crippen molar-refractivity contribution in [1.82, 2.24) is 4.57 Å². The van der Waals surface area contributed by atoms with E-state index in [1.54, 1.807) is 0 Å². The Balaban J connectivity index is 0.957. The largest absolute Gasteiger partial charge is 0.309 e. The van der Waals surface area contributed by atoms with Gasteiger partial charge in [-0.25, -0.2) is 0 Å². The number of aromatic nitrogens is 1. The molecule has 0 aliphatic carbocycles. The average molecular weight is 915 g/mol. The van der Waals surface area contributed by atoms with E-state index in [1.807, 2.05) is 0 Å². The topological polar surface area (TPSA) is 8.17 Å². The quantitative estimate of drug-likeness (QED) is 0.138. The summed E-state index contributed by atoms with van der Waals surface area (Å²) in [6.45, 7) is 0. The van der Waals surface area contributed by atoms with Crippen LogP contribution in [0.3, 0.4) is 0 Å². The Hall–Kier alpha value is -9.50. The molecule has 0 aliphatic heterocycles. The minimum Gasteiger partial charge on any atom is -0.309 e. The molecule has 72 heavy (non-hydrogen) atoms. The van der Waals surface area contributed by atoms with Crippen LogP contribution in [0.1, 0.15) is 0 Å². The Morgan fingerprint density at radius 2 is 0.764 bits per heavy atom. The van der Waals surface area contributed by atoms with Crippen molar-refractivity contribution in [2.75, 3.05) is 4.90 Å². The molecule has 0 saturated carbocycles. The fourth-order valence-corrected chi connectivity index (χ4v) is 11.5. The van der Waals surface area contributed by atoms with Crippen molar-refractivity contribution in [3.8, 4) is 50.2 Å². The van der Waals surface area contributed by atoms with Gasteiger partial charge in [0.1, 0.15) is 0 Å². The van der Waals surface area contributed by atoms with E-state index >= 15 is 0 Å². The summed E-state index contributed by atoms with van der Waals surface area (Å²) in [7, 11) is 0. The molecule has 1 aromatic heterocycles. The van der Waals surface area contributed by atoms with Gasteiger partial charge in [0.25, 0.3) is 0 Å². The normalized spacial score (nSPS) is 11.6. The van der Waals surface area contributed by atoms with Gasteiger partial charge < -0.3 is 9.47 Å². The van der Waals surface area contributed by atoms with E-state index in [4.69, 9.17) is 0 Å². The highest BCUT2D eigenvalue weighted by molar-refractivity contribution is 6.22. The van der Waals surface area contributed by atoms with E-state index in [0.29, 0.717) is 0 Å². The third-order valence-electron chi connectivity index (χ3n) is 14.8. The molecular formula is C70H46N2. The summed E-state index contributed by atoms with van der Waals surface area (Å²) >= 11 is 0. The second kappa shape index (κ2) is 17.2. The predicted molar refractivity (Wildman–Crippen MR) is 307 cm³/mol. The van der Waals surface area contributed by atoms with Crippen LogP contribution in [0.5, 0.6) is 0 Å². The zero-order chi connectivity index (χ0) is 47.5. The van der Waals surface area contributed by atoms with Gasteiger partial charge in [-0.2, -0.15) is 0 Å². The van der Waals surface area contributed by atoms with E-state index in [2.05, 4.69) is 289 Å². The fraction of sp³-hybridized carbons (Fsp3) is 0. The van der Waals surface area contributed by atoms with Crippen LogP contribution in [-0.4, -0.2) is 4.57 Å². The molecule has 0 spiro atoms. The highest BCUT2D eigenvalue weighted by Crippen LogP contribution is 2.48. The molecule has 0 amide bonds. The van der Waals surface area contributed by atoms with Crippen LogP contribution < -0.4 is 4.90 Å². The number of nitrogens with zero attached hydrogens (tertiary/aromatic N) is 2. The standard InChI is InChI=1S/C70H46N2/c1-4-20-49(21-5-1)69-62-30-13-12-28-58(62)59-42-38-51(45-64(59)70(69)50-22-6-2-7-23-50)47-35-40-54(41-36-47)72(67-34-18-31-57-55-26-11-10-19-48(55)37-43-61(57)67)65-32-16-14-27-56(65)52-39-44-68-63(46-52)60-29-15-17-33-66(60)71(68)53-24-8-3-9-25-53/h1-46H. The van der Waals surface area contributed by atoms with Crippen LogP contribution in [0.4, 0.5) is 17.1 Å². The van der Waals surface area contributed by atoms with Gasteiger partial charge in [-0.1, -0.05) is 218 Å². The summed E-state index contributed by atoms with van der Waals surface area (Å²) < 4.78 is 2.39. The second-order valence-electron chi connectivity index (χ2n) is 18.8. The summed E-state index contributed by atoms with van der Waals surface area (Å²) in [6.07, 6.45) is 0. The van der Waals surface area contributed by atoms with Crippen molar-refractivity contribution in [1.29, 1.82) is 0 Å². The number of anilines is 3. The van der Waals surface area contributed by atoms with Gasteiger partial charge in [0.2, 0.25) is 0 Å². The number of hydrogen-bond acceptors (Lipinski definition) is 1. The summed E-state index contributed by atoms with van der Waals surface area (Å²) in [5.74, 6) is 0. The van der Waals surface area contributed by atoms with Crippen molar-refractivity contribution in [2.24, 2.45) is 0 Å². The molecule has 2 heteroatoms. The van der Waals surface area contributed by atoms with Gasteiger partial charge in [-0.3, -0.25) is 0 Å². The van der Waals surface area contributed by atoms with Gasteiger partial charge in [-0.05, 0) is 137 Å². The van der Waals surface area contributed by atoms with Gasteiger partial charge >= 0.3 is 0 Å². The van der Waals surface area contributed by atoms with Crippen LogP contribution >= 0.6 is 0 Å². The molecule has 14 aromatic rings. The first-order valence-electron chi connectivity index (χ1n) is 24.8. The maximum Gasteiger partial charge on any atom is 0.0541 e. The molecule has 0 unspecified atom stereocenters. The summed E-state index contributed by atoms with van der Waals surface area (Å²) in [6, 6.07) is 102. The van der Waals surface area contributed by atoms with Crippen molar-refractivity contribution < 1.29 is 0 Å². The zero-order valence-electron chi connectivity index (χ0n) is 39.5. The Labute approximate surface area is 418 Å². The highest BCUT2D eigenvalue weighted by Gasteiger charge is 2.23. The Morgan fingerprint density at radius 3 is 1.54 bits per heavy atom. The minimum absolute atomic E-state index is 1.08. The maximum absolute atomic E-state index is 2.47. The van der Waals surface area contributed by atoms with E-state index in [-0.39, 0.29) is 0 Å². The summed E-state index contributed by atoms with van der Waals surface area (Å²) in [5, 5.41) is 12.4. The van der Waals surface area contributed by atoms with E-state index < -0.39 is 0 Å². The number of rotatable bonds is 8. The summed E-state index contributed by atoms with van der Waals surface area (Å²) in [5.41, 5.74) is 16.4. The molecule has 13 aromatic carbocycles. The third kappa shape index (κ3) is 6.80. The second-order valence-corrected chi connectivity index (χ2v) is 18.8. The fourth-order valence-electron chi connectivity index (χ4n) is 11.5. The van der Waals surface area contributed by atoms with E-state index in [9.17, 15) is 0 Å². The first-order chi connectivity index (χ1) is 35.7. The van der Waals surface area contributed by atoms with Crippen LogP contribution in [0.2, 0.25) is 0 Å². The first-order valence-corrected chi connectivity index (χ1v) is 24.8. The van der Waals surface area contributed by atoms with Crippen molar-refractivity contribution in [2.45, 2.75) is 0 Å². The molecule has 0 fully saturated rings. The lowest BCUT2D eigenvalue weighted by atomic mass is 9.84. The molecule has 0 atom stereocenters. The molecule has 0 bridgehead atoms. The van der Waals surface area contributed by atoms with Crippen LogP contribution in [0, 0.1) is 0 Å². The Bertz CT molecular complexity index is 4360.